The Kier molecular flexibility index (Phi) is 9.73. The standard InChI is InChI=1S/C24H21Cl2N3O7S3/c25-13-1-2-15(26)17(7-13)38-11-18(31)27-19-21(32)29-20(24(35)36)12(10-39-22(19)29)9-37-14-3-5-28(6-4-14)8-16(30)23(33)34/h1-7,16,19,22,30H,8-11H2,(H2-,27,31,33,34,35,36)/p+1/t16?,19-,22?/m1/s1. The molecule has 0 radical (unpaired) electrons. The Morgan fingerprint density at radius 2 is 1.87 bits per heavy atom. The van der Waals surface area contributed by atoms with Gasteiger partial charge in [0.25, 0.3) is 5.91 Å². The largest absolute Gasteiger partial charge is 0.479 e. The molecule has 15 heteroatoms. The Labute approximate surface area is 245 Å². The van der Waals surface area contributed by atoms with Gasteiger partial charge in [0.1, 0.15) is 17.1 Å². The first kappa shape index (κ1) is 29.6. The van der Waals surface area contributed by atoms with Crippen LogP contribution in [-0.2, 0) is 25.7 Å². The Morgan fingerprint density at radius 1 is 1.15 bits per heavy atom. The van der Waals surface area contributed by atoms with Crippen LogP contribution in [0.25, 0.3) is 0 Å². The summed E-state index contributed by atoms with van der Waals surface area (Å²) in [6.07, 6.45) is 1.72. The number of nitrogens with one attached hydrogen (secondary N) is 1. The van der Waals surface area contributed by atoms with E-state index in [1.165, 1.54) is 44.8 Å². The van der Waals surface area contributed by atoms with Gasteiger partial charge in [0.05, 0.1) is 10.8 Å². The van der Waals surface area contributed by atoms with Crippen LogP contribution in [0, 0.1) is 0 Å². The Bertz CT molecular complexity index is 1340. The maximum Gasteiger partial charge on any atom is 0.352 e. The molecule has 2 aliphatic rings. The molecule has 1 aromatic carbocycles. The molecule has 2 aromatic rings. The molecule has 3 atom stereocenters. The molecule has 0 aliphatic carbocycles. The van der Waals surface area contributed by atoms with Crippen molar-refractivity contribution in [3.8, 4) is 0 Å². The van der Waals surface area contributed by atoms with Crippen LogP contribution in [0.5, 0.6) is 0 Å². The molecule has 0 bridgehead atoms. The van der Waals surface area contributed by atoms with E-state index in [9.17, 15) is 29.4 Å². The van der Waals surface area contributed by atoms with Gasteiger partial charge in [-0.05, 0) is 23.8 Å². The zero-order chi connectivity index (χ0) is 28.3. The van der Waals surface area contributed by atoms with E-state index in [2.05, 4.69) is 5.32 Å². The van der Waals surface area contributed by atoms with E-state index in [0.29, 0.717) is 32.0 Å². The van der Waals surface area contributed by atoms with Gasteiger partial charge in [-0.15, -0.1) is 35.3 Å². The number of hydrogen-bond acceptors (Lipinski definition) is 8. The number of aliphatic hydroxyl groups is 1. The zero-order valence-corrected chi connectivity index (χ0v) is 23.9. The fraction of sp³-hybridized carbons (Fsp3) is 0.292. The summed E-state index contributed by atoms with van der Waals surface area (Å²) in [5.41, 5.74) is 0.508. The molecule has 1 saturated heterocycles. The molecule has 3 heterocycles. The van der Waals surface area contributed by atoms with Crippen molar-refractivity contribution in [2.24, 2.45) is 0 Å². The van der Waals surface area contributed by atoms with E-state index in [1.54, 1.807) is 42.7 Å². The van der Waals surface area contributed by atoms with Crippen molar-refractivity contribution in [1.29, 1.82) is 0 Å². The molecule has 1 fully saturated rings. The zero-order valence-electron chi connectivity index (χ0n) is 20.0. The number of halogens is 2. The van der Waals surface area contributed by atoms with Gasteiger partial charge in [0, 0.05) is 38.5 Å². The second kappa shape index (κ2) is 12.8. The van der Waals surface area contributed by atoms with Crippen molar-refractivity contribution in [1.82, 2.24) is 10.2 Å². The lowest BCUT2D eigenvalue weighted by Crippen LogP contribution is -2.70. The molecular weight excluding hydrogens is 609 g/mol. The molecule has 4 N–H and O–H groups in total. The number of β-lactam (4-membered cyclic amide) rings is 1. The number of fused-ring (bicyclic) bond motifs is 1. The fourth-order valence-corrected chi connectivity index (χ4v) is 7.52. The predicted molar refractivity (Wildman–Crippen MR) is 148 cm³/mol. The minimum absolute atomic E-state index is 0.0110. The maximum atomic E-state index is 12.9. The van der Waals surface area contributed by atoms with Crippen LogP contribution >= 0.6 is 58.5 Å². The highest BCUT2D eigenvalue weighted by molar-refractivity contribution is 8.01. The monoisotopic (exact) mass is 630 g/mol. The summed E-state index contributed by atoms with van der Waals surface area (Å²) < 4.78 is 1.53. The van der Waals surface area contributed by atoms with E-state index in [4.69, 9.17) is 28.3 Å². The van der Waals surface area contributed by atoms with Gasteiger partial charge in [-0.1, -0.05) is 23.2 Å². The number of nitrogens with zero attached hydrogens (tertiary/aromatic N) is 2. The lowest BCUT2D eigenvalue weighted by atomic mass is 10.0. The summed E-state index contributed by atoms with van der Waals surface area (Å²) in [6.45, 7) is -0.103. The van der Waals surface area contributed by atoms with Gasteiger partial charge in [-0.25, -0.2) is 14.2 Å². The Balaban J connectivity index is 1.35. The summed E-state index contributed by atoms with van der Waals surface area (Å²) in [4.78, 5) is 51.0. The van der Waals surface area contributed by atoms with E-state index >= 15 is 0 Å². The summed E-state index contributed by atoms with van der Waals surface area (Å²) in [5.74, 6) is -2.68. The van der Waals surface area contributed by atoms with Crippen LogP contribution in [0.1, 0.15) is 0 Å². The molecule has 0 spiro atoms. The number of carbonyl (C=O) groups excluding carboxylic acids is 2. The highest BCUT2D eigenvalue weighted by atomic mass is 35.5. The number of carboxylic acid groups (broad SMARTS) is 2. The number of aliphatic carboxylic acids is 2. The van der Waals surface area contributed by atoms with Gasteiger partial charge in [-0.3, -0.25) is 14.5 Å². The first-order chi connectivity index (χ1) is 18.5. The summed E-state index contributed by atoms with van der Waals surface area (Å²) in [6, 6.07) is 7.56. The SMILES string of the molecule is O=C(CSc1cc(Cl)ccc1Cl)N[C@@H]1C(=O)N2C(C(=O)O)=C(CSc3cc[n+](CC(O)C(=O)O)cc3)CSC12. The van der Waals surface area contributed by atoms with Gasteiger partial charge >= 0.3 is 11.9 Å². The Morgan fingerprint density at radius 3 is 2.54 bits per heavy atom. The van der Waals surface area contributed by atoms with Gasteiger partial charge in [0.2, 0.25) is 12.0 Å². The molecular formula is C24H22Cl2N3O7S3+. The van der Waals surface area contributed by atoms with Crippen molar-refractivity contribution in [3.63, 3.8) is 0 Å². The van der Waals surface area contributed by atoms with Crippen LogP contribution in [0.15, 0.2) is 63.8 Å². The predicted octanol–water partition coefficient (Wildman–Crippen LogP) is 2.35. The molecule has 10 nitrogen and oxygen atoms in total. The molecule has 39 heavy (non-hydrogen) atoms. The smallest absolute Gasteiger partial charge is 0.352 e. The van der Waals surface area contributed by atoms with Crippen LogP contribution in [-0.4, -0.2) is 78.8 Å². The van der Waals surface area contributed by atoms with E-state index in [1.807, 2.05) is 0 Å². The molecule has 2 amide bonds. The highest BCUT2D eigenvalue weighted by Crippen LogP contribution is 2.41. The first-order valence-corrected chi connectivity index (χ1v) is 15.1. The topological polar surface area (TPSA) is 148 Å². The lowest BCUT2D eigenvalue weighted by molar-refractivity contribution is -0.702. The molecule has 1 aromatic heterocycles. The Hall–Kier alpha value is -2.42. The number of aromatic nitrogens is 1. The molecule has 206 valence electrons. The first-order valence-electron chi connectivity index (χ1n) is 11.3. The van der Waals surface area contributed by atoms with Crippen LogP contribution in [0.2, 0.25) is 10.0 Å². The number of aliphatic hydroxyl groups excluding tert-OH is 1. The van der Waals surface area contributed by atoms with Crippen molar-refractivity contribution in [3.05, 3.63) is 64.0 Å². The van der Waals surface area contributed by atoms with Crippen molar-refractivity contribution in [2.45, 2.75) is 33.9 Å². The van der Waals surface area contributed by atoms with Crippen molar-refractivity contribution in [2.75, 3.05) is 17.3 Å². The number of thioether (sulfide) groups is 3. The summed E-state index contributed by atoms with van der Waals surface area (Å²) in [7, 11) is 0. The number of benzene rings is 1. The lowest BCUT2D eigenvalue weighted by Gasteiger charge is -2.49. The number of hydrogen-bond donors (Lipinski definition) is 4. The number of carbonyl (C=O) groups is 4. The number of rotatable bonds is 11. The molecule has 4 rings (SSSR count). The highest BCUT2D eigenvalue weighted by Gasteiger charge is 2.54. The molecule has 0 saturated carbocycles. The third-order valence-electron chi connectivity index (χ3n) is 5.76. The minimum atomic E-state index is -1.52. The average Bonchev–Trinajstić information content (AvgIpc) is 2.91. The fourth-order valence-electron chi connectivity index (χ4n) is 3.85. The van der Waals surface area contributed by atoms with Gasteiger partial charge in [0.15, 0.2) is 18.9 Å². The van der Waals surface area contributed by atoms with Crippen LogP contribution < -0.4 is 9.88 Å². The normalized spacial score (nSPS) is 19.3. The third kappa shape index (κ3) is 7.02. The molecule has 2 unspecified atom stereocenters. The molecule has 2 aliphatic heterocycles. The number of carboxylic acids is 2. The van der Waals surface area contributed by atoms with Crippen molar-refractivity contribution >= 4 is 82.2 Å². The summed E-state index contributed by atoms with van der Waals surface area (Å²) >= 11 is 16.0. The van der Waals surface area contributed by atoms with E-state index in [-0.39, 0.29) is 23.9 Å². The second-order valence-electron chi connectivity index (χ2n) is 8.45. The quantitative estimate of drug-likeness (QED) is 0.166. The van der Waals surface area contributed by atoms with Crippen LogP contribution in [0.4, 0.5) is 0 Å². The van der Waals surface area contributed by atoms with E-state index in [0.717, 1.165) is 4.90 Å². The maximum absolute atomic E-state index is 12.9. The third-order valence-corrected chi connectivity index (χ3v) is 9.93. The van der Waals surface area contributed by atoms with Gasteiger partial charge in [-0.2, -0.15) is 0 Å². The second-order valence-corrected chi connectivity index (χ2v) is 12.5. The number of pyridine rings is 1. The van der Waals surface area contributed by atoms with Gasteiger partial charge < -0.3 is 20.6 Å². The van der Waals surface area contributed by atoms with Crippen molar-refractivity contribution < 1.29 is 39.1 Å². The van der Waals surface area contributed by atoms with E-state index < -0.39 is 35.4 Å². The number of amides is 2. The summed E-state index contributed by atoms with van der Waals surface area (Å²) in [5, 5.41) is 31.3. The minimum Gasteiger partial charge on any atom is -0.479 e. The average molecular weight is 632 g/mol. The van der Waals surface area contributed by atoms with Crippen LogP contribution in [0.3, 0.4) is 0 Å².